The molecule has 1 unspecified atom stereocenters. The van der Waals surface area contributed by atoms with Crippen LogP contribution < -0.4 is 11.1 Å². The van der Waals surface area contributed by atoms with Crippen LogP contribution in [0.25, 0.3) is 0 Å². The average Bonchev–Trinajstić information content (AvgIpc) is 2.05. The predicted molar refractivity (Wildman–Crippen MR) is 60.2 cm³/mol. The number of aliphatic hydroxyl groups excluding tert-OH is 1. The van der Waals surface area contributed by atoms with Crippen LogP contribution >= 0.6 is 0 Å². The molecule has 0 bridgehead atoms. The molecule has 0 heterocycles. The zero-order chi connectivity index (χ0) is 11.5. The zero-order valence-electron chi connectivity index (χ0n) is 9.99. The molecule has 0 amide bonds. The number of nitrogens with two attached hydrogens (primary N) is 1. The molecule has 0 aromatic rings. The topological polar surface area (TPSA) is 67.5 Å². The second kappa shape index (κ2) is 5.25. The Morgan fingerprint density at radius 3 is 2.27 bits per heavy atom. The molecule has 0 aromatic heterocycles. The van der Waals surface area contributed by atoms with Crippen molar-refractivity contribution in [3.63, 3.8) is 0 Å². The fourth-order valence-corrected chi connectivity index (χ4v) is 1.86. The van der Waals surface area contributed by atoms with Gasteiger partial charge in [0.05, 0.1) is 5.60 Å². The molecule has 4 N–H and O–H groups in total. The Hall–Kier alpha value is -0.160. The summed E-state index contributed by atoms with van der Waals surface area (Å²) in [5.41, 5.74) is 5.49. The lowest BCUT2D eigenvalue weighted by Gasteiger charge is -2.31. The Morgan fingerprint density at radius 2 is 1.80 bits per heavy atom. The quantitative estimate of drug-likeness (QED) is 0.614. The normalized spacial score (nSPS) is 30.2. The van der Waals surface area contributed by atoms with E-state index in [-0.39, 0.29) is 5.60 Å². The van der Waals surface area contributed by atoms with E-state index < -0.39 is 6.41 Å². The molecule has 0 aliphatic heterocycles. The minimum absolute atomic E-state index is 0.322. The monoisotopic (exact) mass is 216 g/mol. The first-order chi connectivity index (χ1) is 6.87. The van der Waals surface area contributed by atoms with E-state index in [0.29, 0.717) is 12.1 Å². The second-order valence-electron chi connectivity index (χ2n) is 5.36. The van der Waals surface area contributed by atoms with Crippen LogP contribution in [0.3, 0.4) is 0 Å². The SMILES string of the molecule is CC(C)(C)OC(O)NC1CCC(N)CC1. The van der Waals surface area contributed by atoms with Crippen molar-refractivity contribution in [2.75, 3.05) is 0 Å². The van der Waals surface area contributed by atoms with Crippen LogP contribution in [0.15, 0.2) is 0 Å². The molecule has 0 saturated heterocycles. The van der Waals surface area contributed by atoms with Gasteiger partial charge in [-0.2, -0.15) is 0 Å². The Labute approximate surface area is 92.2 Å². The lowest BCUT2D eigenvalue weighted by atomic mass is 9.92. The van der Waals surface area contributed by atoms with Gasteiger partial charge in [-0.05, 0) is 46.5 Å². The number of rotatable bonds is 3. The predicted octanol–water partition coefficient (Wildman–Crippen LogP) is 0.937. The van der Waals surface area contributed by atoms with E-state index in [1.807, 2.05) is 20.8 Å². The number of hydrogen-bond acceptors (Lipinski definition) is 4. The van der Waals surface area contributed by atoms with Crippen LogP contribution in [0.5, 0.6) is 0 Å². The molecule has 4 heteroatoms. The largest absolute Gasteiger partial charge is 0.356 e. The lowest BCUT2D eigenvalue weighted by molar-refractivity contribution is -0.186. The molecule has 0 aromatic carbocycles. The van der Waals surface area contributed by atoms with Crippen molar-refractivity contribution in [3.05, 3.63) is 0 Å². The lowest BCUT2D eigenvalue weighted by Crippen LogP contribution is -2.46. The summed E-state index contributed by atoms with van der Waals surface area (Å²) in [5.74, 6) is 0. The Bertz CT molecular complexity index is 184. The van der Waals surface area contributed by atoms with Crippen LogP contribution in [0.2, 0.25) is 0 Å². The van der Waals surface area contributed by atoms with Crippen molar-refractivity contribution in [1.82, 2.24) is 5.32 Å². The maximum absolute atomic E-state index is 9.64. The van der Waals surface area contributed by atoms with Crippen LogP contribution in [-0.4, -0.2) is 29.2 Å². The number of hydrogen-bond donors (Lipinski definition) is 3. The van der Waals surface area contributed by atoms with Gasteiger partial charge in [0, 0.05) is 12.1 Å². The highest BCUT2D eigenvalue weighted by Gasteiger charge is 2.23. The molecule has 90 valence electrons. The van der Waals surface area contributed by atoms with Crippen molar-refractivity contribution in [2.45, 2.75) is 70.6 Å². The summed E-state index contributed by atoms with van der Waals surface area (Å²) in [6.07, 6.45) is 3.22. The molecule has 1 atom stereocenters. The van der Waals surface area contributed by atoms with Gasteiger partial charge in [-0.3, -0.25) is 5.32 Å². The molecule has 4 nitrogen and oxygen atoms in total. The van der Waals surface area contributed by atoms with Gasteiger partial charge in [0.25, 0.3) is 0 Å². The molecular weight excluding hydrogens is 192 g/mol. The molecule has 0 spiro atoms. The first-order valence-corrected chi connectivity index (χ1v) is 5.74. The summed E-state index contributed by atoms with van der Waals surface area (Å²) in [7, 11) is 0. The van der Waals surface area contributed by atoms with E-state index in [9.17, 15) is 5.11 Å². The Morgan fingerprint density at radius 1 is 1.27 bits per heavy atom. The van der Waals surface area contributed by atoms with Crippen LogP contribution in [0.4, 0.5) is 0 Å². The number of ether oxygens (including phenoxy) is 1. The van der Waals surface area contributed by atoms with E-state index in [2.05, 4.69) is 5.32 Å². The summed E-state index contributed by atoms with van der Waals surface area (Å²) >= 11 is 0. The molecule has 1 fully saturated rings. The summed E-state index contributed by atoms with van der Waals surface area (Å²) in [4.78, 5) is 0. The zero-order valence-corrected chi connectivity index (χ0v) is 9.99. The van der Waals surface area contributed by atoms with E-state index in [4.69, 9.17) is 10.5 Å². The van der Waals surface area contributed by atoms with Gasteiger partial charge >= 0.3 is 0 Å². The van der Waals surface area contributed by atoms with E-state index >= 15 is 0 Å². The van der Waals surface area contributed by atoms with Crippen molar-refractivity contribution in [2.24, 2.45) is 5.73 Å². The maximum atomic E-state index is 9.64. The van der Waals surface area contributed by atoms with Crippen molar-refractivity contribution in [3.8, 4) is 0 Å². The molecule has 1 aliphatic rings. The molecule has 1 rings (SSSR count). The van der Waals surface area contributed by atoms with Gasteiger partial charge in [0.1, 0.15) is 0 Å². The fourth-order valence-electron chi connectivity index (χ4n) is 1.86. The fraction of sp³-hybridized carbons (Fsp3) is 1.00. The number of nitrogens with one attached hydrogen (secondary N) is 1. The van der Waals surface area contributed by atoms with Crippen LogP contribution in [-0.2, 0) is 4.74 Å². The van der Waals surface area contributed by atoms with E-state index in [1.54, 1.807) is 0 Å². The van der Waals surface area contributed by atoms with Crippen molar-refractivity contribution < 1.29 is 9.84 Å². The summed E-state index contributed by atoms with van der Waals surface area (Å²) in [6, 6.07) is 0.672. The third-order valence-corrected chi connectivity index (χ3v) is 2.62. The third kappa shape index (κ3) is 5.47. The summed E-state index contributed by atoms with van der Waals surface area (Å²) in [5, 5.41) is 12.7. The highest BCUT2D eigenvalue weighted by molar-refractivity contribution is 4.78. The molecular formula is C11H24N2O2. The maximum Gasteiger partial charge on any atom is 0.214 e. The number of aliphatic hydroxyl groups is 1. The Kier molecular flexibility index (Phi) is 4.52. The average molecular weight is 216 g/mol. The standard InChI is InChI=1S/C11H24N2O2/c1-11(2,3)15-10(14)13-9-6-4-8(12)5-7-9/h8-10,13-14H,4-7,12H2,1-3H3. The van der Waals surface area contributed by atoms with Gasteiger partial charge in [-0.1, -0.05) is 0 Å². The van der Waals surface area contributed by atoms with E-state index in [1.165, 1.54) is 0 Å². The highest BCUT2D eigenvalue weighted by atomic mass is 16.6. The molecule has 1 aliphatic carbocycles. The first kappa shape index (κ1) is 12.9. The van der Waals surface area contributed by atoms with Crippen LogP contribution in [0.1, 0.15) is 46.5 Å². The van der Waals surface area contributed by atoms with E-state index in [0.717, 1.165) is 25.7 Å². The van der Waals surface area contributed by atoms with Gasteiger partial charge < -0.3 is 15.6 Å². The molecule has 15 heavy (non-hydrogen) atoms. The third-order valence-electron chi connectivity index (χ3n) is 2.62. The summed E-state index contributed by atoms with van der Waals surface area (Å²) in [6.45, 7) is 5.78. The molecule has 0 radical (unpaired) electrons. The smallest absolute Gasteiger partial charge is 0.214 e. The second-order valence-corrected chi connectivity index (χ2v) is 5.36. The minimum atomic E-state index is -0.871. The van der Waals surface area contributed by atoms with Gasteiger partial charge in [0.2, 0.25) is 6.41 Å². The van der Waals surface area contributed by atoms with Gasteiger partial charge in [0.15, 0.2) is 0 Å². The van der Waals surface area contributed by atoms with Crippen molar-refractivity contribution >= 4 is 0 Å². The van der Waals surface area contributed by atoms with Gasteiger partial charge in [-0.25, -0.2) is 0 Å². The Balaban J connectivity index is 2.23. The molecule has 1 saturated carbocycles. The summed E-state index contributed by atoms with van der Waals surface area (Å²) < 4.78 is 5.38. The van der Waals surface area contributed by atoms with Crippen molar-refractivity contribution in [1.29, 1.82) is 0 Å². The minimum Gasteiger partial charge on any atom is -0.356 e. The van der Waals surface area contributed by atoms with Crippen LogP contribution in [0, 0.1) is 0 Å². The highest BCUT2D eigenvalue weighted by Crippen LogP contribution is 2.18. The first-order valence-electron chi connectivity index (χ1n) is 5.74. The van der Waals surface area contributed by atoms with Gasteiger partial charge in [-0.15, -0.1) is 0 Å².